The first-order valence-corrected chi connectivity index (χ1v) is 16.1. The van der Waals surface area contributed by atoms with Gasteiger partial charge in [-0.1, -0.05) is 71.7 Å². The second-order valence-corrected chi connectivity index (χ2v) is 13.1. The summed E-state index contributed by atoms with van der Waals surface area (Å²) >= 11 is 12.5. The van der Waals surface area contributed by atoms with Crippen LogP contribution in [0.1, 0.15) is 38.4 Å². The average Bonchev–Trinajstić information content (AvgIpc) is 3.42. The summed E-state index contributed by atoms with van der Waals surface area (Å²) in [4.78, 5) is 16.2. The van der Waals surface area contributed by atoms with E-state index in [4.69, 9.17) is 32.9 Å². The number of esters is 1. The normalized spacial score (nSPS) is 12.0. The minimum Gasteiger partial charge on any atom is -0.465 e. The van der Waals surface area contributed by atoms with Crippen molar-refractivity contribution in [1.82, 2.24) is 9.55 Å². The number of imidazole rings is 1. The van der Waals surface area contributed by atoms with Crippen LogP contribution in [0.2, 0.25) is 10.0 Å². The zero-order chi connectivity index (χ0) is 33.1. The van der Waals surface area contributed by atoms with E-state index in [2.05, 4.69) is 0 Å². The van der Waals surface area contributed by atoms with Crippen molar-refractivity contribution in [3.63, 3.8) is 0 Å². The fourth-order valence-corrected chi connectivity index (χ4v) is 6.54. The summed E-state index contributed by atoms with van der Waals surface area (Å²) < 4.78 is 71.7. The molecule has 6 nitrogen and oxygen atoms in total. The first-order chi connectivity index (χ1) is 21.8. The van der Waals surface area contributed by atoms with E-state index in [0.29, 0.717) is 50.9 Å². The molecule has 0 aliphatic rings. The van der Waals surface area contributed by atoms with Crippen molar-refractivity contribution in [2.24, 2.45) is 0 Å². The van der Waals surface area contributed by atoms with Gasteiger partial charge in [-0.05, 0) is 71.3 Å². The van der Waals surface area contributed by atoms with E-state index < -0.39 is 38.2 Å². The Morgan fingerprint density at radius 1 is 0.913 bits per heavy atom. The van der Waals surface area contributed by atoms with Crippen LogP contribution < -0.4 is 0 Å². The lowest BCUT2D eigenvalue weighted by molar-refractivity contribution is -0.137. The van der Waals surface area contributed by atoms with Gasteiger partial charge in [0.1, 0.15) is 5.82 Å². The number of alkyl halides is 3. The Kier molecular flexibility index (Phi) is 9.71. The number of ether oxygens (including phenoxy) is 1. The molecule has 0 fully saturated rings. The summed E-state index contributed by atoms with van der Waals surface area (Å²) in [6, 6.07) is 22.5. The molecule has 0 radical (unpaired) electrons. The first-order valence-electron chi connectivity index (χ1n) is 13.7. The number of halogens is 5. The molecule has 5 aromatic rings. The maximum Gasteiger partial charge on any atom is 0.416 e. The van der Waals surface area contributed by atoms with Crippen LogP contribution in [0.4, 0.5) is 13.2 Å². The van der Waals surface area contributed by atoms with Crippen molar-refractivity contribution in [1.29, 1.82) is 0 Å². The molecule has 0 aliphatic heterocycles. The van der Waals surface area contributed by atoms with Crippen LogP contribution in [0.3, 0.4) is 0 Å². The van der Waals surface area contributed by atoms with E-state index in [9.17, 15) is 26.4 Å². The third kappa shape index (κ3) is 7.88. The van der Waals surface area contributed by atoms with Crippen molar-refractivity contribution in [2.75, 3.05) is 7.11 Å². The number of methoxy groups -OCH3 is 1. The van der Waals surface area contributed by atoms with Crippen molar-refractivity contribution in [3.8, 4) is 11.3 Å². The second kappa shape index (κ2) is 13.5. The van der Waals surface area contributed by atoms with Crippen LogP contribution >= 0.6 is 23.2 Å². The average molecular weight is 686 g/mol. The van der Waals surface area contributed by atoms with Gasteiger partial charge < -0.3 is 9.30 Å². The van der Waals surface area contributed by atoms with E-state index in [0.717, 1.165) is 29.3 Å². The third-order valence-electron chi connectivity index (χ3n) is 7.02. The fourth-order valence-electron chi connectivity index (χ4n) is 4.64. The van der Waals surface area contributed by atoms with Gasteiger partial charge >= 0.3 is 12.1 Å². The Hall–Kier alpha value is -4.38. The Morgan fingerprint density at radius 3 is 2.26 bits per heavy atom. The number of aromatic nitrogens is 2. The molecule has 0 atom stereocenters. The number of benzene rings is 4. The lowest BCUT2D eigenvalue weighted by Crippen LogP contribution is -2.09. The van der Waals surface area contributed by atoms with Crippen LogP contribution in [-0.4, -0.2) is 31.0 Å². The summed E-state index contributed by atoms with van der Waals surface area (Å²) in [6.07, 6.45) is 0.804. The minimum atomic E-state index is -4.65. The molecule has 46 heavy (non-hydrogen) atoms. The number of carbonyl (C=O) groups excluding carboxylic acids is 1. The van der Waals surface area contributed by atoms with Crippen molar-refractivity contribution in [3.05, 3.63) is 141 Å². The quantitative estimate of drug-likeness (QED) is 0.145. The summed E-state index contributed by atoms with van der Waals surface area (Å²) in [5.41, 5.74) is 2.77. The van der Waals surface area contributed by atoms with Gasteiger partial charge in [0, 0.05) is 23.3 Å². The number of sulfone groups is 1. The largest absolute Gasteiger partial charge is 0.465 e. The highest BCUT2D eigenvalue weighted by Gasteiger charge is 2.31. The van der Waals surface area contributed by atoms with Gasteiger partial charge in [-0.3, -0.25) is 0 Å². The summed E-state index contributed by atoms with van der Waals surface area (Å²) in [7, 11) is -2.70. The predicted molar refractivity (Wildman–Crippen MR) is 172 cm³/mol. The number of hydrogen-bond donors (Lipinski definition) is 0. The molecular formula is C34H25Cl2F3N2O4S. The number of carbonyl (C=O) groups is 1. The van der Waals surface area contributed by atoms with Crippen molar-refractivity contribution >= 4 is 51.2 Å². The molecule has 4 aromatic carbocycles. The zero-order valence-corrected chi connectivity index (χ0v) is 26.5. The van der Waals surface area contributed by atoms with Crippen LogP contribution in [0.15, 0.2) is 102 Å². The highest BCUT2D eigenvalue weighted by Crippen LogP contribution is 2.32. The predicted octanol–water partition coefficient (Wildman–Crippen LogP) is 8.85. The van der Waals surface area contributed by atoms with Crippen LogP contribution in [0.25, 0.3) is 23.4 Å². The Morgan fingerprint density at radius 2 is 1.61 bits per heavy atom. The lowest BCUT2D eigenvalue weighted by Gasteiger charge is -2.10. The van der Waals surface area contributed by atoms with E-state index >= 15 is 0 Å². The van der Waals surface area contributed by atoms with Crippen molar-refractivity contribution in [2.45, 2.75) is 23.4 Å². The third-order valence-corrected chi connectivity index (χ3v) is 9.26. The number of hydrogen-bond acceptors (Lipinski definition) is 5. The molecule has 1 aromatic heterocycles. The molecule has 236 valence electrons. The maximum atomic E-state index is 13.1. The van der Waals surface area contributed by atoms with Gasteiger partial charge in [0.25, 0.3) is 0 Å². The molecule has 0 bridgehead atoms. The van der Waals surface area contributed by atoms with E-state index in [1.165, 1.54) is 7.11 Å². The molecule has 0 N–H and O–H groups in total. The van der Waals surface area contributed by atoms with Gasteiger partial charge in [-0.25, -0.2) is 18.2 Å². The van der Waals surface area contributed by atoms with Gasteiger partial charge in [-0.2, -0.15) is 13.2 Å². The molecule has 0 saturated carbocycles. The van der Waals surface area contributed by atoms with E-state index in [-0.39, 0.29) is 0 Å². The standard InChI is InChI=1S/C34H25Cl2F3N2O4S/c1-45-33(42)25-12-9-23(10-13-25)19-41-20-31(29-15-14-27(35)18-30(29)36)40-32(41)16-11-22-5-7-24(8-6-22)21-46(43,44)28-4-2-3-26(17-28)34(37,38)39/h2-18,20H,19,21H2,1H3/b16-11+. The van der Waals surface area contributed by atoms with Crippen LogP contribution in [0, 0.1) is 0 Å². The maximum absolute atomic E-state index is 13.1. The minimum absolute atomic E-state index is 0.394. The number of rotatable bonds is 9. The highest BCUT2D eigenvalue weighted by atomic mass is 35.5. The fraction of sp³-hybridized carbons (Fsp3) is 0.118. The molecule has 1 heterocycles. The molecule has 0 amide bonds. The van der Waals surface area contributed by atoms with Gasteiger partial charge in [0.2, 0.25) is 0 Å². The van der Waals surface area contributed by atoms with Crippen molar-refractivity contribution < 1.29 is 31.1 Å². The SMILES string of the molecule is COC(=O)c1ccc(Cn2cc(-c3ccc(Cl)cc3Cl)nc2/C=C/c2ccc(CS(=O)(=O)c3cccc(C(F)(F)F)c3)cc2)cc1. The highest BCUT2D eigenvalue weighted by molar-refractivity contribution is 7.90. The van der Waals surface area contributed by atoms with Crippen LogP contribution in [0.5, 0.6) is 0 Å². The second-order valence-electron chi connectivity index (χ2n) is 10.3. The lowest BCUT2D eigenvalue weighted by atomic mass is 10.1. The molecule has 0 aliphatic carbocycles. The first kappa shape index (κ1) is 33.0. The van der Waals surface area contributed by atoms with Gasteiger partial charge in [-0.15, -0.1) is 0 Å². The Bertz CT molecular complexity index is 2020. The topological polar surface area (TPSA) is 78.3 Å². The molecule has 0 unspecified atom stereocenters. The smallest absolute Gasteiger partial charge is 0.416 e. The molecule has 5 rings (SSSR count). The molecule has 0 spiro atoms. The molecule has 12 heteroatoms. The summed E-state index contributed by atoms with van der Waals surface area (Å²) in [6.45, 7) is 0.422. The zero-order valence-electron chi connectivity index (χ0n) is 24.1. The Balaban J connectivity index is 1.39. The summed E-state index contributed by atoms with van der Waals surface area (Å²) in [5.74, 6) is -0.297. The van der Waals surface area contributed by atoms with E-state index in [1.54, 1.807) is 66.7 Å². The Labute approximate surface area is 273 Å². The van der Waals surface area contributed by atoms with Gasteiger partial charge in [0.05, 0.1) is 39.6 Å². The number of nitrogens with zero attached hydrogens (tertiary/aromatic N) is 2. The molecule has 0 saturated heterocycles. The molecular weight excluding hydrogens is 660 g/mol. The summed E-state index contributed by atoms with van der Waals surface area (Å²) in [5, 5.41) is 0.927. The monoisotopic (exact) mass is 684 g/mol. The van der Waals surface area contributed by atoms with E-state index in [1.807, 2.05) is 22.9 Å². The van der Waals surface area contributed by atoms with Gasteiger partial charge in [0.15, 0.2) is 9.84 Å². The van der Waals surface area contributed by atoms with Crippen LogP contribution in [-0.2, 0) is 33.0 Å².